The van der Waals surface area contributed by atoms with E-state index in [9.17, 15) is 14.3 Å². The summed E-state index contributed by atoms with van der Waals surface area (Å²) in [7, 11) is 0. The first-order valence-corrected chi connectivity index (χ1v) is 7.54. The van der Waals surface area contributed by atoms with Crippen LogP contribution in [0.3, 0.4) is 0 Å². The average Bonchev–Trinajstić information content (AvgIpc) is 2.50. The van der Waals surface area contributed by atoms with Crippen molar-refractivity contribution in [2.75, 3.05) is 10.6 Å². The molecule has 0 bridgehead atoms. The van der Waals surface area contributed by atoms with Gasteiger partial charge in [-0.2, -0.15) is 0 Å². The Balaban J connectivity index is 2.06. The molecule has 4 nitrogen and oxygen atoms in total. The lowest BCUT2D eigenvalue weighted by Crippen LogP contribution is -2.18. The molecule has 1 amide bonds. The molecule has 0 heterocycles. The molecule has 0 aliphatic carbocycles. The van der Waals surface area contributed by atoms with Crippen molar-refractivity contribution in [3.63, 3.8) is 0 Å². The predicted octanol–water partition coefficient (Wildman–Crippen LogP) is 3.71. The van der Waals surface area contributed by atoms with E-state index in [0.29, 0.717) is 16.9 Å². The monoisotopic (exact) mass is 316 g/mol. The highest BCUT2D eigenvalue weighted by atomic mass is 19.1. The lowest BCUT2D eigenvalue weighted by Gasteiger charge is -2.16. The van der Waals surface area contributed by atoms with Gasteiger partial charge in [0.05, 0.1) is 23.9 Å². The summed E-state index contributed by atoms with van der Waals surface area (Å²) in [6.45, 7) is 3.90. The minimum Gasteiger partial charge on any atom is -0.388 e. The number of amides is 1. The molecule has 1 atom stereocenters. The van der Waals surface area contributed by atoms with Gasteiger partial charge in [-0.15, -0.1) is 0 Å². The summed E-state index contributed by atoms with van der Waals surface area (Å²) in [6, 6.07) is 13.3. The van der Waals surface area contributed by atoms with Crippen molar-refractivity contribution in [1.29, 1.82) is 0 Å². The summed E-state index contributed by atoms with van der Waals surface area (Å²) in [5.41, 5.74) is 1.68. The Kier molecular flexibility index (Phi) is 5.71. The molecule has 0 fully saturated rings. The van der Waals surface area contributed by atoms with Gasteiger partial charge in [0.25, 0.3) is 0 Å². The van der Waals surface area contributed by atoms with E-state index >= 15 is 0 Å². The van der Waals surface area contributed by atoms with Gasteiger partial charge in [0.15, 0.2) is 0 Å². The fourth-order valence-corrected chi connectivity index (χ4v) is 2.23. The molecular formula is C18H21FN2O2. The van der Waals surface area contributed by atoms with Crippen molar-refractivity contribution in [3.8, 4) is 0 Å². The van der Waals surface area contributed by atoms with Crippen LogP contribution in [0.25, 0.3) is 0 Å². The highest BCUT2D eigenvalue weighted by Crippen LogP contribution is 2.25. The molecule has 2 aromatic rings. The van der Waals surface area contributed by atoms with Crippen molar-refractivity contribution in [2.45, 2.75) is 32.4 Å². The van der Waals surface area contributed by atoms with Crippen LogP contribution in [-0.4, -0.2) is 17.1 Å². The number of hydrogen-bond donors (Lipinski definition) is 3. The number of carbonyl (C=O) groups is 1. The Hall–Kier alpha value is -2.40. The number of hydrogen-bond acceptors (Lipinski definition) is 3. The molecular weight excluding hydrogens is 295 g/mol. The molecule has 0 spiro atoms. The molecule has 0 saturated heterocycles. The van der Waals surface area contributed by atoms with Crippen molar-refractivity contribution < 1.29 is 14.3 Å². The molecule has 2 rings (SSSR count). The van der Waals surface area contributed by atoms with Gasteiger partial charge in [-0.1, -0.05) is 30.3 Å². The molecule has 2 aromatic carbocycles. The molecule has 5 heteroatoms. The molecule has 122 valence electrons. The number of aliphatic hydroxyl groups excluding tert-OH is 1. The van der Waals surface area contributed by atoms with E-state index in [4.69, 9.17) is 0 Å². The number of aliphatic hydroxyl groups is 1. The van der Waals surface area contributed by atoms with Crippen molar-refractivity contribution in [3.05, 3.63) is 59.9 Å². The Bertz CT molecular complexity index is 659. The maximum absolute atomic E-state index is 13.4. The summed E-state index contributed by atoms with van der Waals surface area (Å²) in [4.78, 5) is 12.1. The first-order chi connectivity index (χ1) is 11.0. The van der Waals surface area contributed by atoms with E-state index < -0.39 is 11.9 Å². The smallest absolute Gasteiger partial charge is 0.227 e. The van der Waals surface area contributed by atoms with Crippen LogP contribution in [0.4, 0.5) is 15.8 Å². The van der Waals surface area contributed by atoms with Crippen molar-refractivity contribution in [2.24, 2.45) is 0 Å². The summed E-state index contributed by atoms with van der Waals surface area (Å²) < 4.78 is 13.4. The first-order valence-electron chi connectivity index (χ1n) is 7.54. The average molecular weight is 316 g/mol. The van der Waals surface area contributed by atoms with Gasteiger partial charge in [-0.05, 0) is 37.6 Å². The lowest BCUT2D eigenvalue weighted by molar-refractivity contribution is -0.118. The molecule has 3 N–H and O–H groups in total. The second-order valence-electron chi connectivity index (χ2n) is 5.67. The van der Waals surface area contributed by atoms with E-state index in [-0.39, 0.29) is 18.4 Å². The van der Waals surface area contributed by atoms with Crippen LogP contribution >= 0.6 is 0 Å². The Morgan fingerprint density at radius 3 is 2.48 bits per heavy atom. The van der Waals surface area contributed by atoms with Crippen LogP contribution in [0, 0.1) is 5.82 Å². The number of rotatable bonds is 6. The van der Waals surface area contributed by atoms with Crippen LogP contribution in [-0.2, 0) is 4.79 Å². The molecule has 1 unspecified atom stereocenters. The molecule has 23 heavy (non-hydrogen) atoms. The largest absolute Gasteiger partial charge is 0.388 e. The lowest BCUT2D eigenvalue weighted by atomic mass is 10.1. The Labute approximate surface area is 135 Å². The minimum absolute atomic E-state index is 0.0956. The second kappa shape index (κ2) is 7.74. The SMILES string of the molecule is CC(C)Nc1ccc(F)cc1NC(=O)CC(O)c1ccccc1. The van der Waals surface area contributed by atoms with Crippen LogP contribution in [0.1, 0.15) is 31.9 Å². The van der Waals surface area contributed by atoms with Crippen LogP contribution in [0.2, 0.25) is 0 Å². The van der Waals surface area contributed by atoms with Gasteiger partial charge in [0.2, 0.25) is 5.91 Å². The standard InChI is InChI=1S/C18H21FN2O2/c1-12(2)20-15-9-8-14(19)10-16(15)21-18(23)11-17(22)13-6-4-3-5-7-13/h3-10,12,17,20,22H,11H2,1-2H3,(H,21,23). The van der Waals surface area contributed by atoms with Crippen LogP contribution in [0.5, 0.6) is 0 Å². The topological polar surface area (TPSA) is 61.4 Å². The van der Waals surface area contributed by atoms with E-state index in [2.05, 4.69) is 10.6 Å². The predicted molar refractivity (Wildman–Crippen MR) is 89.8 cm³/mol. The van der Waals surface area contributed by atoms with Gasteiger partial charge in [-0.3, -0.25) is 4.79 Å². The van der Waals surface area contributed by atoms with Crippen LogP contribution in [0.15, 0.2) is 48.5 Å². The molecule has 0 aliphatic rings. The van der Waals surface area contributed by atoms with Gasteiger partial charge in [-0.25, -0.2) is 4.39 Å². The minimum atomic E-state index is -0.897. The third-order valence-electron chi connectivity index (χ3n) is 3.26. The molecule has 0 saturated carbocycles. The van der Waals surface area contributed by atoms with E-state index in [1.54, 1.807) is 30.3 Å². The number of nitrogens with one attached hydrogen (secondary N) is 2. The summed E-state index contributed by atoms with van der Waals surface area (Å²) in [5.74, 6) is -0.808. The fraction of sp³-hybridized carbons (Fsp3) is 0.278. The van der Waals surface area contributed by atoms with E-state index in [1.807, 2.05) is 19.9 Å². The molecule has 0 aromatic heterocycles. The quantitative estimate of drug-likeness (QED) is 0.761. The summed E-state index contributed by atoms with van der Waals surface area (Å²) in [5, 5.41) is 15.9. The second-order valence-corrected chi connectivity index (χ2v) is 5.67. The zero-order chi connectivity index (χ0) is 16.8. The molecule has 0 radical (unpaired) electrons. The van der Waals surface area contributed by atoms with E-state index in [1.165, 1.54) is 12.1 Å². The number of anilines is 2. The van der Waals surface area contributed by atoms with Gasteiger partial charge in [0.1, 0.15) is 5.82 Å². The number of halogens is 1. The normalized spacial score (nSPS) is 12.0. The van der Waals surface area contributed by atoms with Crippen LogP contribution < -0.4 is 10.6 Å². The highest BCUT2D eigenvalue weighted by molar-refractivity contribution is 5.94. The van der Waals surface area contributed by atoms with Gasteiger partial charge in [0, 0.05) is 6.04 Å². The summed E-state index contributed by atoms with van der Waals surface area (Å²) in [6.07, 6.45) is -0.993. The highest BCUT2D eigenvalue weighted by Gasteiger charge is 2.15. The summed E-state index contributed by atoms with van der Waals surface area (Å²) >= 11 is 0. The number of carbonyl (C=O) groups excluding carboxylic acids is 1. The van der Waals surface area contributed by atoms with Gasteiger partial charge < -0.3 is 15.7 Å². The van der Waals surface area contributed by atoms with Gasteiger partial charge >= 0.3 is 0 Å². The van der Waals surface area contributed by atoms with Crippen molar-refractivity contribution in [1.82, 2.24) is 0 Å². The zero-order valence-electron chi connectivity index (χ0n) is 13.2. The zero-order valence-corrected chi connectivity index (χ0v) is 13.2. The Morgan fingerprint density at radius 1 is 1.13 bits per heavy atom. The fourth-order valence-electron chi connectivity index (χ4n) is 2.23. The maximum Gasteiger partial charge on any atom is 0.227 e. The maximum atomic E-state index is 13.4. The molecule has 0 aliphatic heterocycles. The third-order valence-corrected chi connectivity index (χ3v) is 3.26. The number of benzene rings is 2. The Morgan fingerprint density at radius 2 is 1.83 bits per heavy atom. The third kappa shape index (κ3) is 5.07. The first kappa shape index (κ1) is 17.0. The van der Waals surface area contributed by atoms with E-state index in [0.717, 1.165) is 0 Å². The van der Waals surface area contributed by atoms with Crippen molar-refractivity contribution >= 4 is 17.3 Å².